The number of carbonyl (C=O) groups excluding carboxylic acids is 1. The zero-order valence-electron chi connectivity index (χ0n) is 33.9. The highest BCUT2D eigenvalue weighted by Gasteiger charge is 2.13. The number of carbonyl (C=O) groups is 1. The summed E-state index contributed by atoms with van der Waals surface area (Å²) in [5.41, 5.74) is 0. The van der Waals surface area contributed by atoms with Crippen molar-refractivity contribution in [3.8, 4) is 0 Å². The maximum atomic E-state index is 12.2. The number of esters is 1. The van der Waals surface area contributed by atoms with E-state index in [4.69, 9.17) is 9.47 Å². The summed E-state index contributed by atoms with van der Waals surface area (Å²) in [6, 6.07) is 0. The Morgan fingerprint density at radius 1 is 0.480 bits per heavy atom. The van der Waals surface area contributed by atoms with Crippen LogP contribution in [0.5, 0.6) is 0 Å². The molecular formula is C46H88O4. The first-order valence-electron chi connectivity index (χ1n) is 22.4. The molecule has 0 bridgehead atoms. The molecule has 0 fully saturated rings. The van der Waals surface area contributed by atoms with Gasteiger partial charge in [-0.2, -0.15) is 0 Å². The fourth-order valence-electron chi connectivity index (χ4n) is 6.65. The van der Waals surface area contributed by atoms with Crippen molar-refractivity contribution in [1.29, 1.82) is 0 Å². The molecule has 0 aliphatic carbocycles. The van der Waals surface area contributed by atoms with Gasteiger partial charge in [0.2, 0.25) is 0 Å². The van der Waals surface area contributed by atoms with Crippen LogP contribution in [0.2, 0.25) is 0 Å². The predicted molar refractivity (Wildman–Crippen MR) is 219 cm³/mol. The molecule has 0 radical (unpaired) electrons. The molecule has 4 nitrogen and oxygen atoms in total. The van der Waals surface area contributed by atoms with E-state index in [1.54, 1.807) is 0 Å². The molecule has 1 N–H and O–H groups in total. The summed E-state index contributed by atoms with van der Waals surface area (Å²) in [4.78, 5) is 12.2. The summed E-state index contributed by atoms with van der Waals surface area (Å²) in [6.07, 6.45) is 53.8. The zero-order valence-corrected chi connectivity index (χ0v) is 33.9. The van der Waals surface area contributed by atoms with Crippen LogP contribution in [0, 0.1) is 0 Å². The molecule has 0 amide bonds. The van der Waals surface area contributed by atoms with Crippen molar-refractivity contribution in [2.45, 2.75) is 245 Å². The minimum Gasteiger partial charge on any atom is -0.457 e. The minimum atomic E-state index is -0.531. The van der Waals surface area contributed by atoms with Gasteiger partial charge in [-0.05, 0) is 44.9 Å². The van der Waals surface area contributed by atoms with Crippen LogP contribution in [0.3, 0.4) is 0 Å². The maximum absolute atomic E-state index is 12.2. The number of aliphatic hydroxyl groups excluding tert-OH is 1. The third kappa shape index (κ3) is 41.3. The Labute approximate surface area is 313 Å². The molecule has 4 heteroatoms. The fourth-order valence-corrected chi connectivity index (χ4v) is 6.65. The second-order valence-electron chi connectivity index (χ2n) is 15.1. The molecule has 0 saturated carbocycles. The van der Waals surface area contributed by atoms with Gasteiger partial charge in [-0.3, -0.25) is 4.79 Å². The van der Waals surface area contributed by atoms with Crippen molar-refractivity contribution in [3.63, 3.8) is 0 Å². The highest BCUT2D eigenvalue weighted by atomic mass is 16.6. The zero-order chi connectivity index (χ0) is 36.3. The van der Waals surface area contributed by atoms with Crippen LogP contribution in [0.4, 0.5) is 0 Å². The van der Waals surface area contributed by atoms with E-state index in [0.29, 0.717) is 19.6 Å². The lowest BCUT2D eigenvalue weighted by Gasteiger charge is -2.16. The molecule has 0 aliphatic rings. The Bertz CT molecular complexity index is 702. The standard InChI is InChI=1S/C46H88O4/c1-3-5-7-9-11-13-15-17-19-21-22-23-24-25-26-28-30-32-34-36-38-40-42-49-44-45(43-47)50-46(48)41-39-37-35-33-31-29-27-20-18-16-14-12-10-8-6-4-2/h15,17,21-22,45,47H,3-14,16,18-20,23-44H2,1-2H3/b17-15-,22-21-. The lowest BCUT2D eigenvalue weighted by molar-refractivity contribution is -0.154. The average Bonchev–Trinajstić information content (AvgIpc) is 3.12. The molecule has 0 heterocycles. The van der Waals surface area contributed by atoms with Crippen LogP contribution >= 0.6 is 0 Å². The third-order valence-corrected chi connectivity index (χ3v) is 10.0. The molecule has 1 unspecified atom stereocenters. The minimum absolute atomic E-state index is 0.168. The van der Waals surface area contributed by atoms with Gasteiger partial charge in [-0.15, -0.1) is 0 Å². The summed E-state index contributed by atoms with van der Waals surface area (Å²) < 4.78 is 11.2. The first-order valence-corrected chi connectivity index (χ1v) is 22.4. The summed E-state index contributed by atoms with van der Waals surface area (Å²) in [6.45, 7) is 5.37. The topological polar surface area (TPSA) is 55.8 Å². The second kappa shape index (κ2) is 44.0. The lowest BCUT2D eigenvalue weighted by Crippen LogP contribution is -2.27. The molecule has 0 spiro atoms. The van der Waals surface area contributed by atoms with E-state index in [1.807, 2.05) is 0 Å². The quantitative estimate of drug-likeness (QED) is 0.0390. The van der Waals surface area contributed by atoms with Crippen LogP contribution < -0.4 is 0 Å². The molecular weight excluding hydrogens is 617 g/mol. The lowest BCUT2D eigenvalue weighted by atomic mass is 10.0. The molecule has 0 rings (SSSR count). The van der Waals surface area contributed by atoms with Crippen molar-refractivity contribution in [2.75, 3.05) is 19.8 Å². The Kier molecular flexibility index (Phi) is 43.0. The van der Waals surface area contributed by atoms with Gasteiger partial charge in [-0.25, -0.2) is 0 Å². The van der Waals surface area contributed by atoms with E-state index in [1.165, 1.54) is 193 Å². The van der Waals surface area contributed by atoms with E-state index in [-0.39, 0.29) is 12.6 Å². The summed E-state index contributed by atoms with van der Waals surface area (Å²) >= 11 is 0. The van der Waals surface area contributed by atoms with Gasteiger partial charge in [-0.1, -0.05) is 212 Å². The van der Waals surface area contributed by atoms with Crippen molar-refractivity contribution in [3.05, 3.63) is 24.3 Å². The Hall–Kier alpha value is -1.13. The van der Waals surface area contributed by atoms with Crippen molar-refractivity contribution in [1.82, 2.24) is 0 Å². The van der Waals surface area contributed by atoms with Crippen LogP contribution in [-0.4, -0.2) is 37.0 Å². The Morgan fingerprint density at radius 3 is 1.24 bits per heavy atom. The van der Waals surface area contributed by atoms with Gasteiger partial charge in [0.15, 0.2) is 0 Å². The Morgan fingerprint density at radius 2 is 0.840 bits per heavy atom. The predicted octanol–water partition coefficient (Wildman–Crippen LogP) is 14.7. The highest BCUT2D eigenvalue weighted by molar-refractivity contribution is 5.69. The van der Waals surface area contributed by atoms with E-state index in [0.717, 1.165) is 25.7 Å². The van der Waals surface area contributed by atoms with Gasteiger partial charge < -0.3 is 14.6 Å². The third-order valence-electron chi connectivity index (χ3n) is 10.0. The monoisotopic (exact) mass is 705 g/mol. The summed E-state index contributed by atoms with van der Waals surface area (Å²) in [5.74, 6) is -0.197. The van der Waals surface area contributed by atoms with Crippen molar-refractivity contribution in [2.24, 2.45) is 0 Å². The molecule has 0 aromatic rings. The van der Waals surface area contributed by atoms with Crippen LogP contribution in [0.15, 0.2) is 24.3 Å². The van der Waals surface area contributed by atoms with E-state index in [9.17, 15) is 9.90 Å². The van der Waals surface area contributed by atoms with Gasteiger partial charge >= 0.3 is 5.97 Å². The molecule has 296 valence electrons. The van der Waals surface area contributed by atoms with Gasteiger partial charge in [0, 0.05) is 13.0 Å². The first-order chi connectivity index (χ1) is 24.7. The maximum Gasteiger partial charge on any atom is 0.306 e. The largest absolute Gasteiger partial charge is 0.457 e. The van der Waals surface area contributed by atoms with Crippen LogP contribution in [-0.2, 0) is 14.3 Å². The SMILES string of the molecule is CCCCCCC/C=C\C/C=C\CCCCCCCCCCCCOCC(CO)OC(=O)CCCCCCCCCCCCCCCCCC. The normalized spacial score (nSPS) is 12.5. The van der Waals surface area contributed by atoms with E-state index >= 15 is 0 Å². The number of hydrogen-bond donors (Lipinski definition) is 1. The molecule has 1 atom stereocenters. The first kappa shape index (κ1) is 48.9. The second-order valence-corrected chi connectivity index (χ2v) is 15.1. The number of hydrogen-bond acceptors (Lipinski definition) is 4. The molecule has 0 aromatic carbocycles. The number of rotatable bonds is 42. The number of allylic oxidation sites excluding steroid dienone is 4. The van der Waals surface area contributed by atoms with Gasteiger partial charge in [0.05, 0.1) is 13.2 Å². The number of ether oxygens (including phenoxy) is 2. The fraction of sp³-hybridized carbons (Fsp3) is 0.891. The molecule has 50 heavy (non-hydrogen) atoms. The highest BCUT2D eigenvalue weighted by Crippen LogP contribution is 2.15. The van der Waals surface area contributed by atoms with Crippen molar-refractivity contribution >= 4 is 5.97 Å². The van der Waals surface area contributed by atoms with Crippen LogP contribution in [0.1, 0.15) is 239 Å². The Balaban J connectivity index is 3.39. The van der Waals surface area contributed by atoms with Gasteiger partial charge in [0.25, 0.3) is 0 Å². The van der Waals surface area contributed by atoms with Crippen molar-refractivity contribution < 1.29 is 19.4 Å². The van der Waals surface area contributed by atoms with Gasteiger partial charge in [0.1, 0.15) is 6.10 Å². The number of aliphatic hydroxyl groups is 1. The smallest absolute Gasteiger partial charge is 0.306 e. The summed E-state index contributed by atoms with van der Waals surface area (Å²) in [5, 5.41) is 9.61. The molecule has 0 saturated heterocycles. The average molecular weight is 705 g/mol. The summed E-state index contributed by atoms with van der Waals surface area (Å²) in [7, 11) is 0. The van der Waals surface area contributed by atoms with E-state index in [2.05, 4.69) is 38.2 Å². The number of unbranched alkanes of at least 4 members (excludes halogenated alkanes) is 30. The molecule has 0 aromatic heterocycles. The molecule has 0 aliphatic heterocycles. The van der Waals surface area contributed by atoms with Crippen LogP contribution in [0.25, 0.3) is 0 Å². The van der Waals surface area contributed by atoms with E-state index < -0.39 is 6.10 Å².